The van der Waals surface area contributed by atoms with Gasteiger partial charge < -0.3 is 5.73 Å². The van der Waals surface area contributed by atoms with E-state index in [9.17, 15) is 4.79 Å². The average Bonchev–Trinajstić information content (AvgIpc) is 2.64. The highest BCUT2D eigenvalue weighted by molar-refractivity contribution is 6.10. The number of ketones is 1. The third-order valence-electron chi connectivity index (χ3n) is 2.26. The molecule has 2 aromatic rings. The lowest BCUT2D eigenvalue weighted by Gasteiger charge is -2.04. The lowest BCUT2D eigenvalue weighted by Crippen LogP contribution is -2.10. The highest BCUT2D eigenvalue weighted by Gasteiger charge is 2.14. The van der Waals surface area contributed by atoms with Crippen molar-refractivity contribution in [3.63, 3.8) is 0 Å². The van der Waals surface area contributed by atoms with E-state index < -0.39 is 0 Å². The second-order valence-corrected chi connectivity index (χ2v) is 3.26. The summed E-state index contributed by atoms with van der Waals surface area (Å²) in [5.41, 5.74) is 7.27. The van der Waals surface area contributed by atoms with Gasteiger partial charge >= 0.3 is 0 Å². The summed E-state index contributed by atoms with van der Waals surface area (Å²) in [5.74, 6) is -0.104. The van der Waals surface area contributed by atoms with Gasteiger partial charge in [-0.1, -0.05) is 12.1 Å². The van der Waals surface area contributed by atoms with Gasteiger partial charge in [-0.05, 0) is 18.2 Å². The van der Waals surface area contributed by atoms with Crippen molar-refractivity contribution in [2.45, 2.75) is 0 Å². The number of rotatable bonds is 2. The number of benzene rings is 1. The van der Waals surface area contributed by atoms with Gasteiger partial charge in [-0.3, -0.25) is 9.48 Å². The Morgan fingerprint density at radius 1 is 1.33 bits per heavy atom. The van der Waals surface area contributed by atoms with E-state index in [4.69, 9.17) is 5.73 Å². The Labute approximate surface area is 87.3 Å². The number of para-hydroxylation sites is 1. The molecule has 0 saturated carbocycles. The summed E-state index contributed by atoms with van der Waals surface area (Å²) in [5, 5.41) is 3.95. The number of aryl methyl sites for hydroxylation is 1. The van der Waals surface area contributed by atoms with Gasteiger partial charge in [0.15, 0.2) is 0 Å². The van der Waals surface area contributed by atoms with Crippen molar-refractivity contribution < 1.29 is 4.79 Å². The highest BCUT2D eigenvalue weighted by Crippen LogP contribution is 2.15. The molecule has 0 aliphatic heterocycles. The minimum absolute atomic E-state index is 0.104. The molecule has 0 bridgehead atoms. The molecule has 1 aromatic heterocycles. The molecule has 0 spiro atoms. The molecule has 0 saturated heterocycles. The van der Waals surface area contributed by atoms with Gasteiger partial charge in [0.05, 0.1) is 0 Å². The topological polar surface area (TPSA) is 60.9 Å². The summed E-state index contributed by atoms with van der Waals surface area (Å²) in [6.07, 6.45) is 1.59. The van der Waals surface area contributed by atoms with Crippen LogP contribution in [0.3, 0.4) is 0 Å². The van der Waals surface area contributed by atoms with E-state index in [0.717, 1.165) is 0 Å². The molecule has 0 radical (unpaired) electrons. The lowest BCUT2D eigenvalue weighted by atomic mass is 10.1. The maximum Gasteiger partial charge on any atom is 0.213 e. The number of nitrogen functional groups attached to an aromatic ring is 1. The van der Waals surface area contributed by atoms with Crippen LogP contribution in [-0.2, 0) is 7.05 Å². The number of carbonyl (C=O) groups is 1. The van der Waals surface area contributed by atoms with Crippen molar-refractivity contribution in [1.29, 1.82) is 0 Å². The molecule has 76 valence electrons. The van der Waals surface area contributed by atoms with Crippen LogP contribution >= 0.6 is 0 Å². The van der Waals surface area contributed by atoms with Gasteiger partial charge in [0, 0.05) is 24.5 Å². The van der Waals surface area contributed by atoms with E-state index in [-0.39, 0.29) is 5.78 Å². The van der Waals surface area contributed by atoms with Gasteiger partial charge in [-0.15, -0.1) is 0 Å². The summed E-state index contributed by atoms with van der Waals surface area (Å²) in [4.78, 5) is 12.0. The molecule has 0 amide bonds. The average molecular weight is 201 g/mol. The molecule has 0 fully saturated rings. The molecule has 0 unspecified atom stereocenters. The zero-order valence-electron chi connectivity index (χ0n) is 8.34. The fraction of sp³-hybridized carbons (Fsp3) is 0.0909. The SMILES string of the molecule is Cn1nccc1C(=O)c1ccccc1N. The van der Waals surface area contributed by atoms with Crippen LogP contribution in [0.25, 0.3) is 0 Å². The zero-order valence-corrected chi connectivity index (χ0v) is 8.34. The summed E-state index contributed by atoms with van der Waals surface area (Å²) < 4.78 is 1.54. The van der Waals surface area contributed by atoms with Crippen molar-refractivity contribution in [1.82, 2.24) is 9.78 Å². The predicted molar refractivity (Wildman–Crippen MR) is 57.5 cm³/mol. The standard InChI is InChI=1S/C11H11N3O/c1-14-10(6-7-13-14)11(15)8-4-2-3-5-9(8)12/h2-7H,12H2,1H3. The smallest absolute Gasteiger partial charge is 0.213 e. The van der Waals surface area contributed by atoms with Crippen molar-refractivity contribution in [3.8, 4) is 0 Å². The summed E-state index contributed by atoms with van der Waals surface area (Å²) >= 11 is 0. The Kier molecular flexibility index (Phi) is 2.25. The first-order chi connectivity index (χ1) is 7.20. The molecule has 0 aliphatic carbocycles. The van der Waals surface area contributed by atoms with Crippen molar-refractivity contribution in [2.24, 2.45) is 7.05 Å². The zero-order chi connectivity index (χ0) is 10.8. The molecule has 2 rings (SSSR count). The van der Waals surface area contributed by atoms with Crippen LogP contribution in [0.1, 0.15) is 16.1 Å². The van der Waals surface area contributed by atoms with Gasteiger partial charge in [-0.25, -0.2) is 0 Å². The monoisotopic (exact) mass is 201 g/mol. The predicted octanol–water partition coefficient (Wildman–Crippen LogP) is 1.23. The number of carbonyl (C=O) groups excluding carboxylic acids is 1. The van der Waals surface area contributed by atoms with E-state index >= 15 is 0 Å². The Morgan fingerprint density at radius 2 is 2.07 bits per heavy atom. The fourth-order valence-electron chi connectivity index (χ4n) is 1.44. The van der Waals surface area contributed by atoms with Crippen molar-refractivity contribution in [2.75, 3.05) is 5.73 Å². The first kappa shape index (κ1) is 9.45. The van der Waals surface area contributed by atoms with E-state index in [1.807, 2.05) is 0 Å². The molecule has 0 atom stereocenters. The lowest BCUT2D eigenvalue weighted by molar-refractivity contribution is 0.103. The Bertz CT molecular complexity index is 502. The number of aromatic nitrogens is 2. The molecule has 4 heteroatoms. The van der Waals surface area contributed by atoms with Gasteiger partial charge in [0.25, 0.3) is 0 Å². The normalized spacial score (nSPS) is 10.2. The van der Waals surface area contributed by atoms with Crippen LogP contribution in [0, 0.1) is 0 Å². The van der Waals surface area contributed by atoms with E-state index in [0.29, 0.717) is 16.9 Å². The molecule has 15 heavy (non-hydrogen) atoms. The van der Waals surface area contributed by atoms with Crippen LogP contribution in [0.5, 0.6) is 0 Å². The number of nitrogens with two attached hydrogens (primary N) is 1. The van der Waals surface area contributed by atoms with E-state index in [2.05, 4.69) is 5.10 Å². The summed E-state index contributed by atoms with van der Waals surface area (Å²) in [6.45, 7) is 0. The van der Waals surface area contributed by atoms with Gasteiger partial charge in [0.2, 0.25) is 5.78 Å². The van der Waals surface area contributed by atoms with Crippen LogP contribution < -0.4 is 5.73 Å². The number of anilines is 1. The Hall–Kier alpha value is -2.10. The van der Waals surface area contributed by atoms with Crippen LogP contribution in [0.2, 0.25) is 0 Å². The second kappa shape index (κ2) is 3.57. The summed E-state index contributed by atoms with van der Waals surface area (Å²) in [7, 11) is 1.73. The maximum absolute atomic E-state index is 12.0. The third kappa shape index (κ3) is 1.61. The van der Waals surface area contributed by atoms with E-state index in [1.165, 1.54) is 4.68 Å². The first-order valence-electron chi connectivity index (χ1n) is 4.57. The quantitative estimate of drug-likeness (QED) is 0.587. The molecule has 2 N–H and O–H groups in total. The molecule has 1 heterocycles. The molecule has 4 nitrogen and oxygen atoms in total. The number of hydrogen-bond acceptors (Lipinski definition) is 3. The Balaban J connectivity index is 2.46. The third-order valence-corrected chi connectivity index (χ3v) is 2.26. The Morgan fingerprint density at radius 3 is 2.67 bits per heavy atom. The van der Waals surface area contributed by atoms with Crippen LogP contribution in [0.15, 0.2) is 36.5 Å². The minimum atomic E-state index is -0.104. The summed E-state index contributed by atoms with van der Waals surface area (Å²) in [6, 6.07) is 8.69. The molecule has 0 aliphatic rings. The highest BCUT2D eigenvalue weighted by atomic mass is 16.1. The van der Waals surface area contributed by atoms with Gasteiger partial charge in [-0.2, -0.15) is 5.10 Å². The minimum Gasteiger partial charge on any atom is -0.398 e. The molecule has 1 aromatic carbocycles. The number of nitrogens with zero attached hydrogens (tertiary/aromatic N) is 2. The van der Waals surface area contributed by atoms with Gasteiger partial charge in [0.1, 0.15) is 5.69 Å². The van der Waals surface area contributed by atoms with Crippen LogP contribution in [0.4, 0.5) is 5.69 Å². The number of hydrogen-bond donors (Lipinski definition) is 1. The maximum atomic E-state index is 12.0. The van der Waals surface area contributed by atoms with E-state index in [1.54, 1.807) is 43.6 Å². The van der Waals surface area contributed by atoms with Crippen molar-refractivity contribution in [3.05, 3.63) is 47.8 Å². The fourth-order valence-corrected chi connectivity index (χ4v) is 1.44. The molecular weight excluding hydrogens is 190 g/mol. The first-order valence-corrected chi connectivity index (χ1v) is 4.57. The van der Waals surface area contributed by atoms with Crippen molar-refractivity contribution >= 4 is 11.5 Å². The van der Waals surface area contributed by atoms with Crippen LogP contribution in [-0.4, -0.2) is 15.6 Å². The molecular formula is C11H11N3O. The largest absolute Gasteiger partial charge is 0.398 e. The second-order valence-electron chi connectivity index (χ2n) is 3.26.